The zero-order chi connectivity index (χ0) is 14.5. The maximum atomic E-state index is 12.4. The molecule has 20 heavy (non-hydrogen) atoms. The molecule has 0 heterocycles. The first kappa shape index (κ1) is 14.8. The lowest BCUT2D eigenvalue weighted by molar-refractivity contribution is 0.102. The van der Waals surface area contributed by atoms with Crippen LogP contribution in [0.15, 0.2) is 42.5 Å². The molecule has 3 nitrogen and oxygen atoms in total. The SMILES string of the molecule is CCNc1ccc(C)cc1C(=O)Nc1cccc(I)c1. The van der Waals surface area contributed by atoms with Crippen molar-refractivity contribution in [3.63, 3.8) is 0 Å². The van der Waals surface area contributed by atoms with Crippen molar-refractivity contribution in [2.75, 3.05) is 17.2 Å². The minimum Gasteiger partial charge on any atom is -0.385 e. The molecule has 0 radical (unpaired) electrons. The van der Waals surface area contributed by atoms with Gasteiger partial charge >= 0.3 is 0 Å². The molecule has 0 fully saturated rings. The Bertz CT molecular complexity index is 626. The van der Waals surface area contributed by atoms with Crippen LogP contribution in [0.3, 0.4) is 0 Å². The van der Waals surface area contributed by atoms with Gasteiger partial charge in [-0.15, -0.1) is 0 Å². The lowest BCUT2D eigenvalue weighted by Gasteiger charge is -2.12. The number of carbonyl (C=O) groups excluding carboxylic acids is 1. The summed E-state index contributed by atoms with van der Waals surface area (Å²) >= 11 is 2.23. The summed E-state index contributed by atoms with van der Waals surface area (Å²) in [6.07, 6.45) is 0. The van der Waals surface area contributed by atoms with Gasteiger partial charge in [-0.3, -0.25) is 4.79 Å². The summed E-state index contributed by atoms with van der Waals surface area (Å²) in [5.41, 5.74) is 3.41. The maximum absolute atomic E-state index is 12.4. The highest BCUT2D eigenvalue weighted by atomic mass is 127. The number of carbonyl (C=O) groups is 1. The number of rotatable bonds is 4. The second-order valence-corrected chi connectivity index (χ2v) is 5.79. The van der Waals surface area contributed by atoms with E-state index in [1.54, 1.807) is 0 Å². The van der Waals surface area contributed by atoms with E-state index in [-0.39, 0.29) is 5.91 Å². The molecule has 2 rings (SSSR count). The van der Waals surface area contributed by atoms with Crippen molar-refractivity contribution in [1.29, 1.82) is 0 Å². The summed E-state index contributed by atoms with van der Waals surface area (Å²) in [7, 11) is 0. The van der Waals surface area contributed by atoms with Gasteiger partial charge < -0.3 is 10.6 Å². The van der Waals surface area contributed by atoms with Gasteiger partial charge in [0.1, 0.15) is 0 Å². The van der Waals surface area contributed by atoms with Crippen molar-refractivity contribution in [1.82, 2.24) is 0 Å². The van der Waals surface area contributed by atoms with Gasteiger partial charge in [0.05, 0.1) is 5.56 Å². The van der Waals surface area contributed by atoms with Gasteiger partial charge in [-0.2, -0.15) is 0 Å². The zero-order valence-corrected chi connectivity index (χ0v) is 13.7. The standard InChI is InChI=1S/C16H17IN2O/c1-3-18-15-8-7-11(2)9-14(15)16(20)19-13-6-4-5-12(17)10-13/h4-10,18H,3H2,1-2H3,(H,19,20). The molecule has 0 bridgehead atoms. The maximum Gasteiger partial charge on any atom is 0.257 e. The Morgan fingerprint density at radius 3 is 2.70 bits per heavy atom. The number of hydrogen-bond acceptors (Lipinski definition) is 2. The van der Waals surface area contributed by atoms with Crippen molar-refractivity contribution < 1.29 is 4.79 Å². The molecule has 104 valence electrons. The molecular formula is C16H17IN2O. The van der Waals surface area contributed by atoms with Gasteiger partial charge in [-0.25, -0.2) is 0 Å². The van der Waals surface area contributed by atoms with E-state index in [0.29, 0.717) is 5.56 Å². The van der Waals surface area contributed by atoms with E-state index in [2.05, 4.69) is 33.2 Å². The third kappa shape index (κ3) is 3.72. The van der Waals surface area contributed by atoms with Crippen LogP contribution in [-0.2, 0) is 0 Å². The molecule has 0 aromatic heterocycles. The molecule has 2 aromatic rings. The number of anilines is 2. The normalized spacial score (nSPS) is 10.2. The summed E-state index contributed by atoms with van der Waals surface area (Å²) in [6, 6.07) is 13.6. The third-order valence-corrected chi connectivity index (χ3v) is 3.54. The van der Waals surface area contributed by atoms with Gasteiger partial charge in [0.2, 0.25) is 0 Å². The number of nitrogens with one attached hydrogen (secondary N) is 2. The molecule has 0 unspecified atom stereocenters. The first-order chi connectivity index (χ1) is 9.60. The minimum absolute atomic E-state index is 0.0911. The van der Waals surface area contributed by atoms with Crippen LogP contribution in [-0.4, -0.2) is 12.5 Å². The predicted molar refractivity (Wildman–Crippen MR) is 92.5 cm³/mol. The quantitative estimate of drug-likeness (QED) is 0.778. The number of aryl methyl sites for hydroxylation is 1. The molecule has 0 saturated carbocycles. The second kappa shape index (κ2) is 6.74. The topological polar surface area (TPSA) is 41.1 Å². The fraction of sp³-hybridized carbons (Fsp3) is 0.188. The van der Waals surface area contributed by atoms with Crippen LogP contribution in [0.25, 0.3) is 0 Å². The molecule has 0 spiro atoms. The molecule has 0 saturated heterocycles. The average Bonchev–Trinajstić information content (AvgIpc) is 2.41. The lowest BCUT2D eigenvalue weighted by atomic mass is 10.1. The largest absolute Gasteiger partial charge is 0.385 e. The Balaban J connectivity index is 2.26. The Morgan fingerprint density at radius 2 is 2.00 bits per heavy atom. The summed E-state index contributed by atoms with van der Waals surface area (Å²) in [5, 5.41) is 6.16. The number of halogens is 1. The van der Waals surface area contributed by atoms with Gasteiger partial charge in [-0.05, 0) is 66.8 Å². The van der Waals surface area contributed by atoms with E-state index in [9.17, 15) is 4.79 Å². The molecular weight excluding hydrogens is 363 g/mol. The Hall–Kier alpha value is -1.56. The van der Waals surface area contributed by atoms with Crippen LogP contribution in [0.2, 0.25) is 0 Å². The molecule has 2 aromatic carbocycles. The van der Waals surface area contributed by atoms with Crippen molar-refractivity contribution in [2.45, 2.75) is 13.8 Å². The van der Waals surface area contributed by atoms with Gasteiger partial charge in [-0.1, -0.05) is 17.7 Å². The molecule has 4 heteroatoms. The first-order valence-corrected chi connectivity index (χ1v) is 7.59. The van der Waals surface area contributed by atoms with Crippen LogP contribution in [0.5, 0.6) is 0 Å². The van der Waals surface area contributed by atoms with Crippen molar-refractivity contribution in [3.8, 4) is 0 Å². The van der Waals surface area contributed by atoms with E-state index < -0.39 is 0 Å². The monoisotopic (exact) mass is 380 g/mol. The van der Waals surface area contributed by atoms with E-state index in [4.69, 9.17) is 0 Å². The van der Waals surface area contributed by atoms with E-state index in [1.165, 1.54) is 0 Å². The van der Waals surface area contributed by atoms with Crippen molar-refractivity contribution in [2.24, 2.45) is 0 Å². The van der Waals surface area contributed by atoms with Crippen molar-refractivity contribution >= 4 is 39.9 Å². The van der Waals surface area contributed by atoms with E-state index >= 15 is 0 Å². The third-order valence-electron chi connectivity index (χ3n) is 2.87. The van der Waals surface area contributed by atoms with Gasteiger partial charge in [0, 0.05) is 21.5 Å². The molecule has 2 N–H and O–H groups in total. The van der Waals surface area contributed by atoms with E-state index in [0.717, 1.165) is 27.1 Å². The lowest BCUT2D eigenvalue weighted by Crippen LogP contribution is -2.15. The summed E-state index contributed by atoms with van der Waals surface area (Å²) < 4.78 is 1.09. The summed E-state index contributed by atoms with van der Waals surface area (Å²) in [4.78, 5) is 12.4. The zero-order valence-electron chi connectivity index (χ0n) is 11.5. The Kier molecular flexibility index (Phi) is 5.00. The fourth-order valence-corrected chi connectivity index (χ4v) is 2.50. The smallest absolute Gasteiger partial charge is 0.257 e. The Labute approximate surface area is 132 Å². The average molecular weight is 380 g/mol. The predicted octanol–water partition coefficient (Wildman–Crippen LogP) is 4.28. The molecule has 0 aliphatic heterocycles. The highest BCUT2D eigenvalue weighted by Gasteiger charge is 2.11. The van der Waals surface area contributed by atoms with Gasteiger partial charge in [0.25, 0.3) is 5.91 Å². The van der Waals surface area contributed by atoms with Gasteiger partial charge in [0.15, 0.2) is 0 Å². The number of hydrogen-bond donors (Lipinski definition) is 2. The second-order valence-electron chi connectivity index (χ2n) is 4.54. The van der Waals surface area contributed by atoms with E-state index in [1.807, 2.05) is 56.3 Å². The van der Waals surface area contributed by atoms with Crippen LogP contribution >= 0.6 is 22.6 Å². The molecule has 0 aliphatic carbocycles. The Morgan fingerprint density at radius 1 is 1.20 bits per heavy atom. The molecule has 1 amide bonds. The van der Waals surface area contributed by atoms with Crippen molar-refractivity contribution in [3.05, 3.63) is 57.2 Å². The highest BCUT2D eigenvalue weighted by Crippen LogP contribution is 2.20. The number of benzene rings is 2. The summed E-state index contributed by atoms with van der Waals surface area (Å²) in [5.74, 6) is -0.0911. The van der Waals surface area contributed by atoms with Crippen LogP contribution in [0, 0.1) is 10.5 Å². The summed E-state index contributed by atoms with van der Waals surface area (Å²) in [6.45, 7) is 4.78. The van der Waals surface area contributed by atoms with Crippen LogP contribution in [0.4, 0.5) is 11.4 Å². The molecule has 0 aliphatic rings. The highest BCUT2D eigenvalue weighted by molar-refractivity contribution is 14.1. The molecule has 0 atom stereocenters. The fourth-order valence-electron chi connectivity index (χ4n) is 1.96. The van der Waals surface area contributed by atoms with Crippen LogP contribution in [0.1, 0.15) is 22.8 Å². The number of amides is 1. The minimum atomic E-state index is -0.0911. The first-order valence-electron chi connectivity index (χ1n) is 6.51. The van der Waals surface area contributed by atoms with Crippen LogP contribution < -0.4 is 10.6 Å².